The predicted octanol–water partition coefficient (Wildman–Crippen LogP) is -5.06. The average molecular weight is 116 g/mol. The molecule has 0 aromatic carbocycles. The number of rotatable bonds is 0. The van der Waals surface area contributed by atoms with Crippen LogP contribution < -0.4 is 56.5 Å². The van der Waals surface area contributed by atoms with Crippen molar-refractivity contribution in [2.24, 2.45) is 0 Å². The second-order valence-electron chi connectivity index (χ2n) is 0.492. The molecule has 32 valence electrons. The van der Waals surface area contributed by atoms with E-state index >= 15 is 0 Å². The molecule has 0 radical (unpaired) electrons. The number of hydrogen-bond donors (Lipinski definition) is 0. The quantitative estimate of drug-likeness (QED) is 0.297. The van der Waals surface area contributed by atoms with E-state index in [0.29, 0.717) is 0 Å². The van der Waals surface area contributed by atoms with Crippen molar-refractivity contribution in [1.29, 1.82) is 0 Å². The van der Waals surface area contributed by atoms with E-state index < -0.39 is 5.97 Å². The average Bonchev–Trinajstić information content (AvgIpc) is 0.811. The molecule has 6 heavy (non-hydrogen) atoms. The third-order valence-electron chi connectivity index (χ3n) is 0. The Labute approximate surface area is 78.5 Å². The Kier molecular flexibility index (Phi) is 24.7. The van der Waals surface area contributed by atoms with E-state index in [1.807, 2.05) is 0 Å². The summed E-state index contributed by atoms with van der Waals surface area (Å²) in [5, 5.41) is 8.89. The topological polar surface area (TPSA) is 71.6 Å². The summed E-state index contributed by atoms with van der Waals surface area (Å²) in [5.41, 5.74) is 0. The van der Waals surface area contributed by atoms with Crippen LogP contribution in [-0.4, -0.2) is 11.4 Å². The van der Waals surface area contributed by atoms with Gasteiger partial charge in [0.05, 0.1) is 0 Å². The van der Waals surface area contributed by atoms with Gasteiger partial charge in [-0.1, -0.05) is 0 Å². The summed E-state index contributed by atoms with van der Waals surface area (Å²) in [5.74, 6) is -1.08. The van der Waals surface area contributed by atoms with Gasteiger partial charge in [-0.15, -0.1) is 0 Å². The van der Waals surface area contributed by atoms with Gasteiger partial charge in [0.15, 0.2) is 0 Å². The minimum atomic E-state index is -1.08. The fourth-order valence-electron chi connectivity index (χ4n) is 0. The summed E-state index contributed by atoms with van der Waals surface area (Å²) in [6, 6.07) is 0. The summed E-state index contributed by atoms with van der Waals surface area (Å²) in [7, 11) is 0. The van der Waals surface area contributed by atoms with Crippen LogP contribution in [-0.2, 0) is 4.79 Å². The van der Waals surface area contributed by atoms with Crippen LogP contribution in [0.2, 0.25) is 0 Å². The van der Waals surface area contributed by atoms with Crippen molar-refractivity contribution in [2.45, 2.75) is 6.92 Å². The molecule has 0 aliphatic carbocycles. The molecule has 0 aromatic rings. The van der Waals surface area contributed by atoms with Crippen LogP contribution in [0.5, 0.6) is 0 Å². The second-order valence-corrected chi connectivity index (χ2v) is 0.492. The van der Waals surface area contributed by atoms with Gasteiger partial charge in [-0.2, -0.15) is 0 Å². The zero-order chi connectivity index (χ0) is 3.58. The van der Waals surface area contributed by atoms with Gasteiger partial charge in [-0.05, 0) is 6.92 Å². The SMILES string of the molecule is CC(=O)[O-].O.[K+]. The zero-order valence-electron chi connectivity index (χ0n) is 3.82. The van der Waals surface area contributed by atoms with Crippen LogP contribution in [0.15, 0.2) is 0 Å². The molecular formula is C2H5KO3. The Morgan fingerprint density at radius 2 is 1.67 bits per heavy atom. The molecule has 0 aliphatic rings. The molecule has 0 heterocycles. The van der Waals surface area contributed by atoms with Gasteiger partial charge in [0.2, 0.25) is 0 Å². The largest absolute Gasteiger partial charge is 1.00 e. The molecule has 0 rings (SSSR count). The number of carboxylic acid groups (broad SMARTS) is 1. The van der Waals surface area contributed by atoms with Crippen molar-refractivity contribution in [1.82, 2.24) is 0 Å². The first-order chi connectivity index (χ1) is 1.73. The van der Waals surface area contributed by atoms with Gasteiger partial charge in [-0.25, -0.2) is 0 Å². The molecular weight excluding hydrogens is 111 g/mol. The molecule has 0 bridgehead atoms. The van der Waals surface area contributed by atoms with Crippen molar-refractivity contribution in [2.75, 3.05) is 0 Å². The van der Waals surface area contributed by atoms with Crippen molar-refractivity contribution < 1.29 is 66.8 Å². The summed E-state index contributed by atoms with van der Waals surface area (Å²) < 4.78 is 0. The Balaban J connectivity index is -0.0000000450. The predicted molar refractivity (Wildman–Crippen MR) is 14.3 cm³/mol. The van der Waals surface area contributed by atoms with E-state index in [9.17, 15) is 0 Å². The second kappa shape index (κ2) is 9.42. The number of carboxylic acids is 1. The normalized spacial score (nSPS) is 4.17. The van der Waals surface area contributed by atoms with Gasteiger partial charge in [-0.3, -0.25) is 0 Å². The molecule has 4 heteroatoms. The van der Waals surface area contributed by atoms with Crippen molar-refractivity contribution in [3.05, 3.63) is 0 Å². The molecule has 0 saturated heterocycles. The number of aliphatic carboxylic acids is 1. The fourth-order valence-corrected chi connectivity index (χ4v) is 0. The molecule has 0 saturated carbocycles. The van der Waals surface area contributed by atoms with E-state index in [-0.39, 0.29) is 56.9 Å². The zero-order valence-corrected chi connectivity index (χ0v) is 6.94. The summed E-state index contributed by atoms with van der Waals surface area (Å²) in [6.07, 6.45) is 0. The summed E-state index contributed by atoms with van der Waals surface area (Å²) in [6.45, 7) is 0.972. The monoisotopic (exact) mass is 116 g/mol. The van der Waals surface area contributed by atoms with Gasteiger partial charge in [0, 0.05) is 5.97 Å². The van der Waals surface area contributed by atoms with Crippen LogP contribution in [0, 0.1) is 0 Å². The molecule has 0 amide bonds. The first-order valence-electron chi connectivity index (χ1n) is 0.908. The fraction of sp³-hybridized carbons (Fsp3) is 0.500. The Hall–Kier alpha value is 1.07. The minimum Gasteiger partial charge on any atom is -0.550 e. The summed E-state index contributed by atoms with van der Waals surface area (Å²) in [4.78, 5) is 8.89. The molecule has 3 nitrogen and oxygen atoms in total. The smallest absolute Gasteiger partial charge is 0.550 e. The number of hydrogen-bond acceptors (Lipinski definition) is 2. The minimum absolute atomic E-state index is 0. The van der Waals surface area contributed by atoms with Gasteiger partial charge in [0.1, 0.15) is 0 Å². The standard InChI is InChI=1S/C2H4O2.K.H2O/c1-2(3)4;;/h1H3,(H,3,4);;1H2/q;+1;/p-1. The molecule has 0 fully saturated rings. The van der Waals surface area contributed by atoms with E-state index in [0.717, 1.165) is 6.92 Å². The Morgan fingerprint density at radius 1 is 1.67 bits per heavy atom. The van der Waals surface area contributed by atoms with E-state index in [1.54, 1.807) is 0 Å². The molecule has 0 unspecified atom stereocenters. The van der Waals surface area contributed by atoms with Crippen LogP contribution in [0.1, 0.15) is 6.92 Å². The summed E-state index contributed by atoms with van der Waals surface area (Å²) >= 11 is 0. The van der Waals surface area contributed by atoms with Gasteiger partial charge >= 0.3 is 51.4 Å². The first-order valence-corrected chi connectivity index (χ1v) is 0.908. The Bertz CT molecular complexity index is 31.8. The molecule has 0 atom stereocenters. The number of carbonyl (C=O) groups is 1. The molecule has 2 N–H and O–H groups in total. The molecule has 0 aromatic heterocycles. The van der Waals surface area contributed by atoms with Gasteiger partial charge in [0.25, 0.3) is 0 Å². The third kappa shape index (κ3) is 73.7. The maximum Gasteiger partial charge on any atom is 1.00 e. The molecule has 0 aliphatic heterocycles. The van der Waals surface area contributed by atoms with E-state index in [2.05, 4.69) is 0 Å². The van der Waals surface area contributed by atoms with Crippen molar-refractivity contribution in [3.8, 4) is 0 Å². The maximum atomic E-state index is 8.89. The molecule has 0 spiro atoms. The number of carbonyl (C=O) groups excluding carboxylic acids is 1. The van der Waals surface area contributed by atoms with Crippen molar-refractivity contribution >= 4 is 5.97 Å². The van der Waals surface area contributed by atoms with E-state index in [1.165, 1.54) is 0 Å². The van der Waals surface area contributed by atoms with Crippen LogP contribution in [0.3, 0.4) is 0 Å². The maximum absolute atomic E-state index is 8.89. The van der Waals surface area contributed by atoms with E-state index in [4.69, 9.17) is 9.90 Å². The Morgan fingerprint density at radius 3 is 1.67 bits per heavy atom. The van der Waals surface area contributed by atoms with Crippen molar-refractivity contribution in [3.63, 3.8) is 0 Å². The van der Waals surface area contributed by atoms with Crippen LogP contribution >= 0.6 is 0 Å². The van der Waals surface area contributed by atoms with Gasteiger partial charge < -0.3 is 15.4 Å². The van der Waals surface area contributed by atoms with Crippen LogP contribution in [0.4, 0.5) is 0 Å². The van der Waals surface area contributed by atoms with Crippen LogP contribution in [0.25, 0.3) is 0 Å². The third-order valence-corrected chi connectivity index (χ3v) is 0. The first kappa shape index (κ1) is 15.7.